The number of hydrogen-bond acceptors (Lipinski definition) is 11. The molecule has 5 aromatic carbocycles. The van der Waals surface area contributed by atoms with Crippen LogP contribution in [0.1, 0.15) is 41.2 Å². The van der Waals surface area contributed by atoms with Crippen LogP contribution in [0.25, 0.3) is 0 Å². The second-order valence-corrected chi connectivity index (χ2v) is 16.6. The summed E-state index contributed by atoms with van der Waals surface area (Å²) in [5, 5.41) is 0. The molecule has 0 aliphatic carbocycles. The average molecular weight is 839 g/mol. The van der Waals surface area contributed by atoms with E-state index in [9.17, 15) is 8.42 Å². The van der Waals surface area contributed by atoms with Gasteiger partial charge in [0.05, 0.1) is 45.2 Å². The van der Waals surface area contributed by atoms with Gasteiger partial charge in [-0.3, -0.25) is 4.18 Å². The van der Waals surface area contributed by atoms with Gasteiger partial charge in [0.25, 0.3) is 10.1 Å². The van der Waals surface area contributed by atoms with Gasteiger partial charge >= 0.3 is 0 Å². The van der Waals surface area contributed by atoms with E-state index in [1.54, 1.807) is 38.3 Å². The van der Waals surface area contributed by atoms with Crippen molar-refractivity contribution in [3.8, 4) is 0 Å². The van der Waals surface area contributed by atoms with Gasteiger partial charge < -0.3 is 37.9 Å². The lowest BCUT2D eigenvalue weighted by Crippen LogP contribution is -2.62. The number of methoxy groups -OCH3 is 1. The molecule has 318 valence electrons. The van der Waals surface area contributed by atoms with Crippen molar-refractivity contribution in [2.75, 3.05) is 13.7 Å². The summed E-state index contributed by atoms with van der Waals surface area (Å²) in [6.07, 6.45) is -6.46. The summed E-state index contributed by atoms with van der Waals surface area (Å²) in [6.45, 7) is 2.91. The Bertz CT molecular complexity index is 2080. The van der Waals surface area contributed by atoms with Crippen LogP contribution in [0, 0.1) is 0 Å². The maximum atomic E-state index is 13.4. The molecule has 5 aromatic rings. The molecule has 2 saturated heterocycles. The SMILES string of the molecule is CO[C@H]1O[C@H](CO[C@H]2C[C@@H](OCc3ccccc3)[C@H](OS(=O)(=O)Cc3ccccc3)[C@@H](C)O2)[C@@H](OCc2ccccc2)[C@H](OCc2ccccc2)[C@H]1OCc1ccccc1. The Hall–Kier alpha value is -4.31. The van der Waals surface area contributed by atoms with Crippen LogP contribution in [-0.2, 0) is 84.4 Å². The first-order valence-corrected chi connectivity index (χ1v) is 21.9. The van der Waals surface area contributed by atoms with Gasteiger partial charge in [-0.15, -0.1) is 0 Å². The highest BCUT2D eigenvalue weighted by Crippen LogP contribution is 2.33. The van der Waals surface area contributed by atoms with E-state index >= 15 is 0 Å². The number of rotatable bonds is 20. The highest BCUT2D eigenvalue weighted by atomic mass is 32.2. The predicted octanol–water partition coefficient (Wildman–Crippen LogP) is 7.77. The standard InChI is InChI=1S/C48H54O11S/c1-35-44(59-60(49,50)34-40-26-16-7-17-27-40)41(52-29-36-18-8-3-9-19-36)28-43(57-35)53-33-42-45(54-30-37-20-10-4-11-21-37)46(55-31-38-22-12-5-13-23-38)47(48(51-2)58-42)56-32-39-24-14-6-15-25-39/h3-27,35,41-48H,28-34H2,1-2H3/t35-,41-,42-,43-,44-,45-,46+,47-,48+/m1/s1. The van der Waals surface area contributed by atoms with E-state index in [0.29, 0.717) is 18.8 Å². The first-order chi connectivity index (χ1) is 29.3. The molecule has 0 spiro atoms. The largest absolute Gasteiger partial charge is 0.370 e. The molecule has 2 heterocycles. The van der Waals surface area contributed by atoms with E-state index in [1.165, 1.54) is 0 Å². The molecular formula is C48H54O11S. The molecule has 0 saturated carbocycles. The van der Waals surface area contributed by atoms with Crippen molar-refractivity contribution in [2.24, 2.45) is 0 Å². The molecule has 2 aliphatic rings. The van der Waals surface area contributed by atoms with Crippen molar-refractivity contribution in [2.45, 2.75) is 101 Å². The van der Waals surface area contributed by atoms with Crippen LogP contribution in [0.2, 0.25) is 0 Å². The van der Waals surface area contributed by atoms with E-state index in [1.807, 2.05) is 127 Å². The number of benzene rings is 5. The molecule has 60 heavy (non-hydrogen) atoms. The minimum atomic E-state index is -4.01. The van der Waals surface area contributed by atoms with Gasteiger partial charge in [-0.05, 0) is 34.7 Å². The molecular weight excluding hydrogens is 785 g/mol. The topological polar surface area (TPSA) is 117 Å². The monoisotopic (exact) mass is 838 g/mol. The highest BCUT2D eigenvalue weighted by molar-refractivity contribution is 7.85. The van der Waals surface area contributed by atoms with Crippen molar-refractivity contribution >= 4 is 10.1 Å². The van der Waals surface area contributed by atoms with Gasteiger partial charge in [-0.25, -0.2) is 0 Å². The van der Waals surface area contributed by atoms with Gasteiger partial charge in [0, 0.05) is 13.5 Å². The summed E-state index contributed by atoms with van der Waals surface area (Å²) >= 11 is 0. The molecule has 11 nitrogen and oxygen atoms in total. The Labute approximate surface area is 353 Å². The number of hydrogen-bond donors (Lipinski definition) is 0. The van der Waals surface area contributed by atoms with Gasteiger partial charge in [0.1, 0.15) is 36.3 Å². The first kappa shape index (κ1) is 43.8. The van der Waals surface area contributed by atoms with Crippen molar-refractivity contribution in [3.05, 3.63) is 179 Å². The quantitative estimate of drug-likeness (QED) is 0.0716. The van der Waals surface area contributed by atoms with E-state index in [4.69, 9.17) is 42.1 Å². The average Bonchev–Trinajstić information content (AvgIpc) is 3.28. The third-order valence-corrected chi connectivity index (χ3v) is 11.7. The van der Waals surface area contributed by atoms with Crippen molar-refractivity contribution < 1.29 is 50.5 Å². The molecule has 0 N–H and O–H groups in total. The molecule has 0 amide bonds. The molecule has 0 unspecified atom stereocenters. The van der Waals surface area contributed by atoms with Gasteiger partial charge in [-0.2, -0.15) is 8.42 Å². The maximum Gasteiger partial charge on any atom is 0.271 e. The van der Waals surface area contributed by atoms with Crippen molar-refractivity contribution in [1.82, 2.24) is 0 Å². The Morgan fingerprint density at radius 1 is 0.517 bits per heavy atom. The van der Waals surface area contributed by atoms with Crippen LogP contribution in [0.3, 0.4) is 0 Å². The maximum absolute atomic E-state index is 13.4. The van der Waals surface area contributed by atoms with Crippen LogP contribution >= 0.6 is 0 Å². The van der Waals surface area contributed by atoms with Crippen LogP contribution in [0.4, 0.5) is 0 Å². The van der Waals surface area contributed by atoms with Crippen molar-refractivity contribution in [1.29, 1.82) is 0 Å². The van der Waals surface area contributed by atoms with Crippen LogP contribution in [0.5, 0.6) is 0 Å². The van der Waals surface area contributed by atoms with E-state index in [-0.39, 0.29) is 32.0 Å². The van der Waals surface area contributed by atoms with E-state index in [0.717, 1.165) is 22.3 Å². The Balaban J connectivity index is 1.11. The molecule has 2 fully saturated rings. The second-order valence-electron chi connectivity index (χ2n) is 15.0. The van der Waals surface area contributed by atoms with Crippen molar-refractivity contribution in [3.63, 3.8) is 0 Å². The minimum absolute atomic E-state index is 0.0243. The Kier molecular flexibility index (Phi) is 16.0. The molecule has 7 rings (SSSR count). The Morgan fingerprint density at radius 3 is 1.43 bits per heavy atom. The molecule has 0 bridgehead atoms. The van der Waals surface area contributed by atoms with Crippen LogP contribution in [-0.4, -0.2) is 77.4 Å². The first-order valence-electron chi connectivity index (χ1n) is 20.4. The molecule has 12 heteroatoms. The third-order valence-electron chi connectivity index (χ3n) is 10.5. The molecule has 9 atom stereocenters. The summed E-state index contributed by atoms with van der Waals surface area (Å²) in [5.74, 6) is -0.282. The van der Waals surface area contributed by atoms with Crippen LogP contribution < -0.4 is 0 Å². The second kappa shape index (κ2) is 22.0. The lowest BCUT2D eigenvalue weighted by molar-refractivity contribution is -0.332. The summed E-state index contributed by atoms with van der Waals surface area (Å²) in [7, 11) is -2.44. The highest BCUT2D eigenvalue weighted by Gasteiger charge is 2.50. The lowest BCUT2D eigenvalue weighted by atomic mass is 9.97. The Morgan fingerprint density at radius 2 is 0.950 bits per heavy atom. The van der Waals surface area contributed by atoms with E-state index in [2.05, 4.69) is 0 Å². The minimum Gasteiger partial charge on any atom is -0.370 e. The van der Waals surface area contributed by atoms with Gasteiger partial charge in [0.15, 0.2) is 12.6 Å². The zero-order valence-corrected chi connectivity index (χ0v) is 34.8. The summed E-state index contributed by atoms with van der Waals surface area (Å²) in [5.41, 5.74) is 4.51. The zero-order valence-electron chi connectivity index (χ0n) is 34.0. The zero-order chi connectivity index (χ0) is 41.6. The normalized spacial score (nSPS) is 25.8. The fraction of sp³-hybridized carbons (Fsp3) is 0.375. The van der Waals surface area contributed by atoms with Gasteiger partial charge in [0.2, 0.25) is 0 Å². The lowest BCUT2D eigenvalue weighted by Gasteiger charge is -2.46. The number of ether oxygens (including phenoxy) is 8. The summed E-state index contributed by atoms with van der Waals surface area (Å²) in [4.78, 5) is 0. The van der Waals surface area contributed by atoms with Crippen LogP contribution in [0.15, 0.2) is 152 Å². The smallest absolute Gasteiger partial charge is 0.271 e. The fourth-order valence-electron chi connectivity index (χ4n) is 7.44. The predicted molar refractivity (Wildman–Crippen MR) is 225 cm³/mol. The molecule has 0 aromatic heterocycles. The summed E-state index contributed by atoms with van der Waals surface area (Å²) in [6, 6.07) is 48.3. The van der Waals surface area contributed by atoms with Gasteiger partial charge in [-0.1, -0.05) is 152 Å². The van der Waals surface area contributed by atoms with E-state index < -0.39 is 65.4 Å². The molecule has 2 aliphatic heterocycles. The third kappa shape index (κ3) is 12.6. The molecule has 0 radical (unpaired) electrons. The fourth-order valence-corrected chi connectivity index (χ4v) is 8.73. The summed E-state index contributed by atoms with van der Waals surface area (Å²) < 4.78 is 84.7.